The first-order chi connectivity index (χ1) is 20.6. The number of methoxy groups -OCH3 is 2. The maximum Gasteiger partial charge on any atom is 0.309 e. The molecule has 0 aliphatic rings. The molecule has 2 atom stereocenters. The molecule has 42 heavy (non-hydrogen) atoms. The van der Waals surface area contributed by atoms with Crippen molar-refractivity contribution < 1.29 is 19.1 Å². The summed E-state index contributed by atoms with van der Waals surface area (Å²) >= 11 is 0. The molecule has 0 amide bonds. The number of hydrogen-bond acceptors (Lipinski definition) is 4. The molecule has 0 aromatic carbocycles. The lowest BCUT2D eigenvalue weighted by Crippen LogP contribution is -2.32. The zero-order valence-corrected chi connectivity index (χ0v) is 28.2. The monoisotopic (exact) mass is 589 g/mol. The van der Waals surface area contributed by atoms with E-state index in [-0.39, 0.29) is 11.9 Å². The lowest BCUT2D eigenvalue weighted by atomic mass is 9.83. The van der Waals surface area contributed by atoms with E-state index in [0.29, 0.717) is 12.8 Å². The molecule has 0 aliphatic carbocycles. The van der Waals surface area contributed by atoms with Crippen molar-refractivity contribution in [3.8, 4) is 0 Å². The van der Waals surface area contributed by atoms with Crippen LogP contribution in [0.15, 0.2) is 36.5 Å². The molecule has 0 spiro atoms. The van der Waals surface area contributed by atoms with Crippen molar-refractivity contribution in [2.75, 3.05) is 14.2 Å². The van der Waals surface area contributed by atoms with Gasteiger partial charge in [0, 0.05) is 0 Å². The van der Waals surface area contributed by atoms with Gasteiger partial charge in [0.15, 0.2) is 0 Å². The third-order valence-corrected chi connectivity index (χ3v) is 8.24. The van der Waals surface area contributed by atoms with Gasteiger partial charge in [0.05, 0.1) is 26.1 Å². The van der Waals surface area contributed by atoms with Gasteiger partial charge in [-0.05, 0) is 70.6 Å². The van der Waals surface area contributed by atoms with E-state index in [9.17, 15) is 9.59 Å². The Kier molecular flexibility index (Phi) is 30.7. The molecule has 0 saturated carbocycles. The van der Waals surface area contributed by atoms with Crippen LogP contribution in [0.3, 0.4) is 0 Å². The van der Waals surface area contributed by atoms with Gasteiger partial charge >= 0.3 is 11.9 Å². The molecule has 0 bridgehead atoms. The van der Waals surface area contributed by atoms with Gasteiger partial charge in [0.1, 0.15) is 0 Å². The van der Waals surface area contributed by atoms with Crippen molar-refractivity contribution in [2.45, 2.75) is 168 Å². The van der Waals surface area contributed by atoms with E-state index in [2.05, 4.69) is 50.3 Å². The minimum absolute atomic E-state index is 0.271. The zero-order chi connectivity index (χ0) is 30.9. The molecule has 0 saturated heterocycles. The van der Waals surface area contributed by atoms with Crippen LogP contribution < -0.4 is 0 Å². The van der Waals surface area contributed by atoms with Gasteiger partial charge < -0.3 is 9.47 Å². The summed E-state index contributed by atoms with van der Waals surface area (Å²) in [6, 6.07) is 0. The fraction of sp³-hybridized carbons (Fsp3) is 0.789. The number of unbranched alkanes of at least 4 members (excludes halogenated alkanes) is 17. The molecule has 0 aliphatic heterocycles. The van der Waals surface area contributed by atoms with Crippen LogP contribution in [0.1, 0.15) is 168 Å². The van der Waals surface area contributed by atoms with Crippen LogP contribution in [0.4, 0.5) is 0 Å². The van der Waals surface area contributed by atoms with Gasteiger partial charge in [-0.1, -0.05) is 134 Å². The first kappa shape index (κ1) is 40.2. The Morgan fingerprint density at radius 2 is 0.762 bits per heavy atom. The summed E-state index contributed by atoms with van der Waals surface area (Å²) in [4.78, 5) is 25.3. The summed E-state index contributed by atoms with van der Waals surface area (Å²) in [5.41, 5.74) is 0. The van der Waals surface area contributed by atoms with E-state index < -0.39 is 11.8 Å². The van der Waals surface area contributed by atoms with E-state index in [1.165, 1.54) is 91.3 Å². The van der Waals surface area contributed by atoms with Crippen molar-refractivity contribution in [1.82, 2.24) is 0 Å². The third-order valence-electron chi connectivity index (χ3n) is 8.24. The van der Waals surface area contributed by atoms with Crippen LogP contribution in [0.5, 0.6) is 0 Å². The van der Waals surface area contributed by atoms with Crippen LogP contribution in [0.25, 0.3) is 0 Å². The minimum atomic E-state index is -0.406. The van der Waals surface area contributed by atoms with Gasteiger partial charge in [-0.2, -0.15) is 0 Å². The summed E-state index contributed by atoms with van der Waals surface area (Å²) < 4.78 is 10.2. The Morgan fingerprint density at radius 3 is 1.17 bits per heavy atom. The summed E-state index contributed by atoms with van der Waals surface area (Å²) in [5, 5.41) is 0. The first-order valence-electron chi connectivity index (χ1n) is 17.7. The highest BCUT2D eigenvalue weighted by Crippen LogP contribution is 2.28. The number of carbonyl (C=O) groups excluding carboxylic acids is 2. The number of esters is 2. The lowest BCUT2D eigenvalue weighted by molar-refractivity contribution is -0.158. The first-order valence-corrected chi connectivity index (χ1v) is 17.7. The topological polar surface area (TPSA) is 52.6 Å². The fourth-order valence-corrected chi connectivity index (χ4v) is 5.53. The normalized spacial score (nSPS) is 13.3. The standard InChI is InChI=1S/C38H68O4/c1-5-7-9-11-13-15-17-19-21-23-25-27-29-31-33-35(37(39)41-3)36(38(40)42-4)34-32-30-28-26-24-22-20-18-16-14-12-10-8-6-2/h13,15,19-22,35-36H,5-12,14,16-18,23-34H2,1-4H3/b15-13-,21-19-,22-20-. The number of rotatable bonds is 30. The molecule has 2 unspecified atom stereocenters. The van der Waals surface area contributed by atoms with E-state index in [1.54, 1.807) is 0 Å². The van der Waals surface area contributed by atoms with E-state index >= 15 is 0 Å². The van der Waals surface area contributed by atoms with Crippen molar-refractivity contribution in [3.63, 3.8) is 0 Å². The van der Waals surface area contributed by atoms with Crippen molar-refractivity contribution in [2.24, 2.45) is 11.8 Å². The predicted molar refractivity (Wildman–Crippen MR) is 181 cm³/mol. The number of carbonyl (C=O) groups is 2. The Hall–Kier alpha value is -1.84. The molecule has 0 heterocycles. The molecule has 0 aromatic rings. The maximum absolute atomic E-state index is 12.6. The Bertz CT molecular complexity index is 693. The van der Waals surface area contributed by atoms with Crippen LogP contribution in [-0.2, 0) is 19.1 Å². The largest absolute Gasteiger partial charge is 0.469 e. The van der Waals surface area contributed by atoms with Gasteiger partial charge in [0.25, 0.3) is 0 Å². The molecular weight excluding hydrogens is 520 g/mol. The molecule has 0 N–H and O–H groups in total. The zero-order valence-electron chi connectivity index (χ0n) is 28.2. The van der Waals surface area contributed by atoms with Crippen LogP contribution >= 0.6 is 0 Å². The third kappa shape index (κ3) is 24.7. The Balaban J connectivity index is 4.22. The number of ether oxygens (including phenoxy) is 2. The second kappa shape index (κ2) is 32.1. The van der Waals surface area contributed by atoms with Gasteiger partial charge in [-0.3, -0.25) is 9.59 Å². The predicted octanol–water partition coefficient (Wildman–Crippen LogP) is 11.6. The molecule has 0 fully saturated rings. The SMILES string of the molecule is CCCCC/C=C\C/C=C\CCCCCCC(C(=O)OC)C(CCCCCC/C=C\CCCCCCCC)C(=O)OC. The van der Waals surface area contributed by atoms with Crippen LogP contribution in [-0.4, -0.2) is 26.2 Å². The molecule has 4 heteroatoms. The van der Waals surface area contributed by atoms with Crippen molar-refractivity contribution in [1.29, 1.82) is 0 Å². The fourth-order valence-electron chi connectivity index (χ4n) is 5.53. The smallest absolute Gasteiger partial charge is 0.309 e. The molecule has 4 nitrogen and oxygen atoms in total. The van der Waals surface area contributed by atoms with Gasteiger partial charge in [0.2, 0.25) is 0 Å². The Morgan fingerprint density at radius 1 is 0.452 bits per heavy atom. The Labute approximate surface area is 261 Å². The summed E-state index contributed by atoms with van der Waals surface area (Å²) in [6.45, 7) is 4.50. The summed E-state index contributed by atoms with van der Waals surface area (Å²) in [6.07, 6.45) is 41.5. The second-order valence-corrected chi connectivity index (χ2v) is 11.9. The maximum atomic E-state index is 12.6. The van der Waals surface area contributed by atoms with Crippen molar-refractivity contribution >= 4 is 11.9 Å². The van der Waals surface area contributed by atoms with Crippen LogP contribution in [0.2, 0.25) is 0 Å². The quantitative estimate of drug-likeness (QED) is 0.0476. The highest BCUT2D eigenvalue weighted by Gasteiger charge is 2.34. The van der Waals surface area contributed by atoms with E-state index in [0.717, 1.165) is 64.2 Å². The molecule has 0 radical (unpaired) electrons. The minimum Gasteiger partial charge on any atom is -0.469 e. The average Bonchev–Trinajstić information content (AvgIpc) is 3.01. The number of allylic oxidation sites excluding steroid dienone is 6. The van der Waals surface area contributed by atoms with E-state index in [1.807, 2.05) is 0 Å². The number of hydrogen-bond donors (Lipinski definition) is 0. The molecule has 0 rings (SSSR count). The average molecular weight is 589 g/mol. The summed E-state index contributed by atoms with van der Waals surface area (Å²) in [5.74, 6) is -1.35. The van der Waals surface area contributed by atoms with Crippen LogP contribution in [0, 0.1) is 11.8 Å². The molecule has 0 aromatic heterocycles. The summed E-state index contributed by atoms with van der Waals surface area (Å²) in [7, 11) is 2.85. The van der Waals surface area contributed by atoms with E-state index in [4.69, 9.17) is 9.47 Å². The van der Waals surface area contributed by atoms with Gasteiger partial charge in [-0.15, -0.1) is 0 Å². The lowest BCUT2D eigenvalue weighted by Gasteiger charge is -2.23. The van der Waals surface area contributed by atoms with Crippen molar-refractivity contribution in [3.05, 3.63) is 36.5 Å². The highest BCUT2D eigenvalue weighted by atomic mass is 16.5. The molecular formula is C38H68O4. The molecule has 244 valence electrons. The highest BCUT2D eigenvalue weighted by molar-refractivity contribution is 5.81. The van der Waals surface area contributed by atoms with Gasteiger partial charge in [-0.25, -0.2) is 0 Å². The second-order valence-electron chi connectivity index (χ2n) is 11.9.